The zero-order valence-electron chi connectivity index (χ0n) is 12.1. The largest absolute Gasteiger partial charge is 0.393 e. The molecular formula is C17H22N2O2. The first-order valence-corrected chi connectivity index (χ1v) is 7.72. The standard InChI is InChI=1S/C17H22N2O2/c20-14-5-3-4-12(8-14)10-19-17(21)9-13-11-18-16-7-2-1-6-15(13)16/h1-2,6-7,11-12,14,18,20H,3-5,8-10H2,(H,19,21). The average molecular weight is 286 g/mol. The Kier molecular flexibility index (Phi) is 4.25. The summed E-state index contributed by atoms with van der Waals surface area (Å²) in [6, 6.07) is 8.02. The van der Waals surface area contributed by atoms with Crippen LogP contribution in [0.4, 0.5) is 0 Å². The van der Waals surface area contributed by atoms with E-state index in [0.29, 0.717) is 18.9 Å². The second-order valence-electron chi connectivity index (χ2n) is 6.03. The van der Waals surface area contributed by atoms with Crippen molar-refractivity contribution in [2.75, 3.05) is 6.54 Å². The van der Waals surface area contributed by atoms with Crippen LogP contribution in [0.25, 0.3) is 10.9 Å². The summed E-state index contributed by atoms with van der Waals surface area (Å²) in [7, 11) is 0. The summed E-state index contributed by atoms with van der Waals surface area (Å²) >= 11 is 0. The normalized spacial score (nSPS) is 22.3. The van der Waals surface area contributed by atoms with Gasteiger partial charge in [0.25, 0.3) is 0 Å². The molecule has 4 nitrogen and oxygen atoms in total. The van der Waals surface area contributed by atoms with E-state index in [0.717, 1.165) is 42.1 Å². The number of aliphatic hydroxyl groups excluding tert-OH is 1. The van der Waals surface area contributed by atoms with Crippen molar-refractivity contribution in [2.24, 2.45) is 5.92 Å². The monoisotopic (exact) mass is 286 g/mol. The maximum atomic E-state index is 12.1. The fraction of sp³-hybridized carbons (Fsp3) is 0.471. The first-order chi connectivity index (χ1) is 10.2. The summed E-state index contributed by atoms with van der Waals surface area (Å²) in [5, 5.41) is 13.8. The quantitative estimate of drug-likeness (QED) is 0.808. The summed E-state index contributed by atoms with van der Waals surface area (Å²) < 4.78 is 0. The molecule has 2 aromatic rings. The molecule has 2 unspecified atom stereocenters. The molecule has 1 aromatic carbocycles. The summed E-state index contributed by atoms with van der Waals surface area (Å²) in [6.45, 7) is 0.679. The predicted molar refractivity (Wildman–Crippen MR) is 83.0 cm³/mol. The lowest BCUT2D eigenvalue weighted by Gasteiger charge is -2.25. The number of H-pyrrole nitrogens is 1. The van der Waals surface area contributed by atoms with E-state index in [1.165, 1.54) is 0 Å². The molecule has 1 aliphatic rings. The Labute approximate surface area is 124 Å². The van der Waals surface area contributed by atoms with Gasteiger partial charge >= 0.3 is 0 Å². The van der Waals surface area contributed by atoms with E-state index >= 15 is 0 Å². The lowest BCUT2D eigenvalue weighted by molar-refractivity contribution is -0.120. The number of aromatic nitrogens is 1. The molecule has 3 N–H and O–H groups in total. The van der Waals surface area contributed by atoms with Crippen molar-refractivity contribution in [1.82, 2.24) is 10.3 Å². The first kappa shape index (κ1) is 14.1. The van der Waals surface area contributed by atoms with Crippen LogP contribution in [0, 0.1) is 5.92 Å². The molecule has 1 amide bonds. The highest BCUT2D eigenvalue weighted by molar-refractivity contribution is 5.88. The van der Waals surface area contributed by atoms with Gasteiger partial charge < -0.3 is 15.4 Å². The number of para-hydroxylation sites is 1. The molecular weight excluding hydrogens is 264 g/mol. The van der Waals surface area contributed by atoms with Crippen molar-refractivity contribution in [3.8, 4) is 0 Å². The maximum absolute atomic E-state index is 12.1. The molecule has 1 aliphatic carbocycles. The van der Waals surface area contributed by atoms with Crippen LogP contribution in [0.3, 0.4) is 0 Å². The first-order valence-electron chi connectivity index (χ1n) is 7.72. The topological polar surface area (TPSA) is 65.1 Å². The van der Waals surface area contributed by atoms with Gasteiger partial charge in [-0.1, -0.05) is 24.6 Å². The van der Waals surface area contributed by atoms with Crippen LogP contribution < -0.4 is 5.32 Å². The predicted octanol–water partition coefficient (Wildman–Crippen LogP) is 2.38. The summed E-state index contributed by atoms with van der Waals surface area (Å²) in [5.74, 6) is 0.473. The molecule has 0 radical (unpaired) electrons. The molecule has 1 fully saturated rings. The Bertz CT molecular complexity index is 620. The Morgan fingerprint density at radius 1 is 1.33 bits per heavy atom. The highest BCUT2D eigenvalue weighted by atomic mass is 16.3. The molecule has 1 aromatic heterocycles. The van der Waals surface area contributed by atoms with Gasteiger partial charge in [-0.05, 0) is 36.8 Å². The smallest absolute Gasteiger partial charge is 0.224 e. The van der Waals surface area contributed by atoms with Gasteiger partial charge in [0.15, 0.2) is 0 Å². The van der Waals surface area contributed by atoms with Crippen molar-refractivity contribution in [1.29, 1.82) is 0 Å². The maximum Gasteiger partial charge on any atom is 0.224 e. The molecule has 21 heavy (non-hydrogen) atoms. The molecule has 3 rings (SSSR count). The van der Waals surface area contributed by atoms with Crippen molar-refractivity contribution in [2.45, 2.75) is 38.2 Å². The molecule has 1 heterocycles. The number of carbonyl (C=O) groups excluding carboxylic acids is 1. The van der Waals surface area contributed by atoms with Crippen molar-refractivity contribution in [3.05, 3.63) is 36.0 Å². The number of aliphatic hydroxyl groups is 1. The lowest BCUT2D eigenvalue weighted by atomic mass is 9.87. The van der Waals surface area contributed by atoms with Gasteiger partial charge in [0.1, 0.15) is 0 Å². The minimum Gasteiger partial charge on any atom is -0.393 e. The second kappa shape index (κ2) is 6.31. The molecule has 4 heteroatoms. The number of hydrogen-bond acceptors (Lipinski definition) is 2. The average Bonchev–Trinajstić information content (AvgIpc) is 2.89. The van der Waals surface area contributed by atoms with Crippen molar-refractivity contribution in [3.63, 3.8) is 0 Å². The van der Waals surface area contributed by atoms with Gasteiger partial charge in [0.05, 0.1) is 12.5 Å². The lowest BCUT2D eigenvalue weighted by Crippen LogP contribution is -2.33. The van der Waals surface area contributed by atoms with Crippen LogP contribution in [-0.2, 0) is 11.2 Å². The van der Waals surface area contributed by atoms with Gasteiger partial charge in [-0.25, -0.2) is 0 Å². The zero-order valence-corrected chi connectivity index (χ0v) is 12.1. The number of aromatic amines is 1. The fourth-order valence-corrected chi connectivity index (χ4v) is 3.22. The van der Waals surface area contributed by atoms with Gasteiger partial charge in [0.2, 0.25) is 5.91 Å². The molecule has 2 atom stereocenters. The minimum atomic E-state index is -0.186. The van der Waals surface area contributed by atoms with Gasteiger partial charge in [-0.2, -0.15) is 0 Å². The number of hydrogen-bond donors (Lipinski definition) is 3. The number of nitrogens with one attached hydrogen (secondary N) is 2. The van der Waals surface area contributed by atoms with Crippen LogP contribution in [-0.4, -0.2) is 28.6 Å². The van der Waals surface area contributed by atoms with Gasteiger partial charge in [-0.15, -0.1) is 0 Å². The molecule has 0 bridgehead atoms. The molecule has 0 aliphatic heterocycles. The highest BCUT2D eigenvalue weighted by Crippen LogP contribution is 2.23. The van der Waals surface area contributed by atoms with E-state index in [4.69, 9.17) is 0 Å². The SMILES string of the molecule is O=C(Cc1c[nH]c2ccccc12)NCC1CCCC(O)C1. The zero-order chi connectivity index (χ0) is 14.7. The van der Waals surface area contributed by atoms with E-state index < -0.39 is 0 Å². The number of rotatable bonds is 4. The second-order valence-corrected chi connectivity index (χ2v) is 6.03. The number of amides is 1. The van der Waals surface area contributed by atoms with E-state index in [9.17, 15) is 9.90 Å². The number of benzene rings is 1. The molecule has 0 spiro atoms. The Hall–Kier alpha value is -1.81. The van der Waals surface area contributed by atoms with Crippen LogP contribution in [0.5, 0.6) is 0 Å². The van der Waals surface area contributed by atoms with Gasteiger partial charge in [0, 0.05) is 23.6 Å². The van der Waals surface area contributed by atoms with Crippen LogP contribution in [0.1, 0.15) is 31.2 Å². The third-order valence-corrected chi connectivity index (χ3v) is 4.37. The minimum absolute atomic E-state index is 0.0554. The van der Waals surface area contributed by atoms with Crippen LogP contribution in [0.15, 0.2) is 30.5 Å². The van der Waals surface area contributed by atoms with E-state index in [-0.39, 0.29) is 12.0 Å². The Morgan fingerprint density at radius 2 is 2.19 bits per heavy atom. The van der Waals surface area contributed by atoms with Crippen LogP contribution in [0.2, 0.25) is 0 Å². The van der Waals surface area contributed by atoms with Crippen molar-refractivity contribution < 1.29 is 9.90 Å². The van der Waals surface area contributed by atoms with Crippen molar-refractivity contribution >= 4 is 16.8 Å². The van der Waals surface area contributed by atoms with Crippen LogP contribution >= 0.6 is 0 Å². The third-order valence-electron chi connectivity index (χ3n) is 4.37. The molecule has 1 saturated carbocycles. The summed E-state index contributed by atoms with van der Waals surface area (Å²) in [6.07, 6.45) is 6.00. The summed E-state index contributed by atoms with van der Waals surface area (Å²) in [5.41, 5.74) is 2.10. The number of fused-ring (bicyclic) bond motifs is 1. The highest BCUT2D eigenvalue weighted by Gasteiger charge is 2.20. The Morgan fingerprint density at radius 3 is 3.05 bits per heavy atom. The Balaban J connectivity index is 1.54. The molecule has 112 valence electrons. The van der Waals surface area contributed by atoms with E-state index in [2.05, 4.69) is 10.3 Å². The summed E-state index contributed by atoms with van der Waals surface area (Å²) in [4.78, 5) is 15.3. The van der Waals surface area contributed by atoms with E-state index in [1.807, 2.05) is 30.5 Å². The van der Waals surface area contributed by atoms with E-state index in [1.54, 1.807) is 0 Å². The number of carbonyl (C=O) groups is 1. The molecule has 0 saturated heterocycles. The third kappa shape index (κ3) is 3.45. The van der Waals surface area contributed by atoms with Gasteiger partial charge in [-0.3, -0.25) is 4.79 Å². The fourth-order valence-electron chi connectivity index (χ4n) is 3.22.